The third kappa shape index (κ3) is 4.06. The molecule has 7 heteroatoms. The van der Waals surface area contributed by atoms with Crippen molar-refractivity contribution in [2.75, 3.05) is 26.8 Å². The molecule has 1 aromatic carbocycles. The Kier molecular flexibility index (Phi) is 6.67. The molecule has 0 saturated carbocycles. The maximum absolute atomic E-state index is 14.8. The Bertz CT molecular complexity index is 784. The number of benzene rings is 1. The van der Waals surface area contributed by atoms with Crippen LogP contribution in [0.3, 0.4) is 0 Å². The van der Waals surface area contributed by atoms with E-state index in [9.17, 15) is 18.8 Å². The fourth-order valence-electron chi connectivity index (χ4n) is 4.62. The second-order valence-electron chi connectivity index (χ2n) is 7.90. The van der Waals surface area contributed by atoms with Gasteiger partial charge < -0.3 is 9.64 Å². The zero-order valence-corrected chi connectivity index (χ0v) is 17.2. The largest absolute Gasteiger partial charge is 0.383 e. The average molecular weight is 404 g/mol. The summed E-state index contributed by atoms with van der Waals surface area (Å²) in [5.41, 5.74) is -1.38. The second kappa shape index (κ2) is 9.03. The maximum Gasteiger partial charge on any atom is 0.241 e. The molecule has 2 aliphatic rings. The van der Waals surface area contributed by atoms with Crippen LogP contribution in [-0.2, 0) is 24.5 Å². The molecule has 2 heterocycles. The van der Waals surface area contributed by atoms with Gasteiger partial charge >= 0.3 is 0 Å². The highest BCUT2D eigenvalue weighted by molar-refractivity contribution is 6.10. The molecule has 0 bridgehead atoms. The number of piperidine rings is 1. The fraction of sp³-hybridized carbons (Fsp3) is 0.591. The summed E-state index contributed by atoms with van der Waals surface area (Å²) in [7, 11) is 1.49. The minimum atomic E-state index is -1.50. The molecule has 0 aromatic heterocycles. The lowest BCUT2D eigenvalue weighted by atomic mass is 9.75. The van der Waals surface area contributed by atoms with Gasteiger partial charge in [-0.25, -0.2) is 4.39 Å². The van der Waals surface area contributed by atoms with E-state index in [1.807, 2.05) is 11.8 Å². The lowest BCUT2D eigenvalue weighted by molar-refractivity contribution is -0.144. The lowest BCUT2D eigenvalue weighted by Gasteiger charge is -2.37. The van der Waals surface area contributed by atoms with Crippen LogP contribution >= 0.6 is 0 Å². The van der Waals surface area contributed by atoms with Crippen molar-refractivity contribution in [3.8, 4) is 0 Å². The number of likely N-dealkylation sites (tertiary alicyclic amines) is 2. The molecule has 2 saturated heterocycles. The number of hydrogen-bond donors (Lipinski definition) is 0. The van der Waals surface area contributed by atoms with Gasteiger partial charge in [0.2, 0.25) is 17.7 Å². The van der Waals surface area contributed by atoms with Crippen molar-refractivity contribution in [3.63, 3.8) is 0 Å². The van der Waals surface area contributed by atoms with Crippen LogP contribution in [0.25, 0.3) is 0 Å². The van der Waals surface area contributed by atoms with Crippen LogP contribution in [0.1, 0.15) is 51.0 Å². The Morgan fingerprint density at radius 3 is 2.72 bits per heavy atom. The molecule has 0 unspecified atom stereocenters. The lowest BCUT2D eigenvalue weighted by Crippen LogP contribution is -2.48. The smallest absolute Gasteiger partial charge is 0.241 e. The Morgan fingerprint density at radius 1 is 1.28 bits per heavy atom. The number of methoxy groups -OCH3 is 1. The van der Waals surface area contributed by atoms with E-state index in [1.54, 1.807) is 6.07 Å². The molecule has 2 aliphatic heterocycles. The number of hydrogen-bond acceptors (Lipinski definition) is 4. The standard InChI is InChI=1S/C22H29FN2O4/c1-3-16-8-6-7-11-24(16)19(26)14-22(17-9-4-5-10-18(17)23)15-20(27)25(21(22)28)12-13-29-2/h4-5,9-10,16H,3,6-8,11-15H2,1-2H3/t16-,22-/m1/s1. The van der Waals surface area contributed by atoms with E-state index in [0.29, 0.717) is 6.54 Å². The predicted octanol–water partition coefficient (Wildman–Crippen LogP) is 2.65. The van der Waals surface area contributed by atoms with Crippen LogP contribution in [0.5, 0.6) is 0 Å². The normalized spacial score (nSPS) is 25.0. The number of halogens is 1. The molecule has 0 spiro atoms. The minimum absolute atomic E-state index is 0.0971. The first-order valence-corrected chi connectivity index (χ1v) is 10.3. The van der Waals surface area contributed by atoms with Crippen molar-refractivity contribution in [3.05, 3.63) is 35.6 Å². The van der Waals surface area contributed by atoms with E-state index in [0.717, 1.165) is 30.6 Å². The van der Waals surface area contributed by atoms with Gasteiger partial charge in [-0.15, -0.1) is 0 Å². The summed E-state index contributed by atoms with van der Waals surface area (Å²) in [6.07, 6.45) is 3.36. The van der Waals surface area contributed by atoms with Crippen molar-refractivity contribution in [1.82, 2.24) is 9.80 Å². The van der Waals surface area contributed by atoms with Gasteiger partial charge in [0, 0.05) is 38.1 Å². The first-order chi connectivity index (χ1) is 13.9. The molecule has 0 radical (unpaired) electrons. The van der Waals surface area contributed by atoms with Crippen molar-refractivity contribution in [1.29, 1.82) is 0 Å². The fourth-order valence-corrected chi connectivity index (χ4v) is 4.62. The molecule has 29 heavy (non-hydrogen) atoms. The molecule has 0 N–H and O–H groups in total. The summed E-state index contributed by atoms with van der Waals surface area (Å²) >= 11 is 0. The second-order valence-corrected chi connectivity index (χ2v) is 7.90. The quantitative estimate of drug-likeness (QED) is 0.656. The Labute approximate surface area is 171 Å². The topological polar surface area (TPSA) is 66.9 Å². The molecule has 3 rings (SSSR count). The van der Waals surface area contributed by atoms with Crippen LogP contribution in [-0.4, -0.2) is 60.4 Å². The summed E-state index contributed by atoms with van der Waals surface area (Å²) in [6.45, 7) is 2.97. The number of ether oxygens (including phenoxy) is 1. The highest BCUT2D eigenvalue weighted by Gasteiger charge is 2.55. The summed E-state index contributed by atoms with van der Waals surface area (Å²) in [6, 6.07) is 6.09. The number of carbonyl (C=O) groups excluding carboxylic acids is 3. The highest BCUT2D eigenvalue weighted by Crippen LogP contribution is 2.42. The summed E-state index contributed by atoms with van der Waals surface area (Å²) in [5, 5.41) is 0. The van der Waals surface area contributed by atoms with E-state index in [1.165, 1.54) is 25.3 Å². The van der Waals surface area contributed by atoms with E-state index in [4.69, 9.17) is 4.74 Å². The molecular formula is C22H29FN2O4. The van der Waals surface area contributed by atoms with E-state index in [2.05, 4.69) is 0 Å². The van der Waals surface area contributed by atoms with Crippen molar-refractivity contribution in [2.45, 2.75) is 56.9 Å². The van der Waals surface area contributed by atoms with Crippen LogP contribution in [0.2, 0.25) is 0 Å². The Balaban J connectivity index is 1.97. The zero-order valence-electron chi connectivity index (χ0n) is 17.2. The number of nitrogens with zero attached hydrogens (tertiary/aromatic N) is 2. The van der Waals surface area contributed by atoms with Gasteiger partial charge in [0.05, 0.1) is 18.6 Å². The van der Waals surface area contributed by atoms with Gasteiger partial charge in [0.15, 0.2) is 0 Å². The van der Waals surface area contributed by atoms with Gasteiger partial charge in [0.1, 0.15) is 5.82 Å². The molecule has 6 nitrogen and oxygen atoms in total. The summed E-state index contributed by atoms with van der Waals surface area (Å²) in [4.78, 5) is 42.3. The first-order valence-electron chi connectivity index (χ1n) is 10.3. The number of imide groups is 1. The summed E-state index contributed by atoms with van der Waals surface area (Å²) < 4.78 is 19.8. The van der Waals surface area contributed by atoms with Crippen LogP contribution in [0.15, 0.2) is 24.3 Å². The predicted molar refractivity (Wildman–Crippen MR) is 106 cm³/mol. The molecule has 2 atom stereocenters. The van der Waals surface area contributed by atoms with E-state index >= 15 is 0 Å². The molecule has 2 fully saturated rings. The Morgan fingerprint density at radius 2 is 2.03 bits per heavy atom. The van der Waals surface area contributed by atoms with Crippen LogP contribution < -0.4 is 0 Å². The Hall–Kier alpha value is -2.28. The maximum atomic E-state index is 14.8. The number of amides is 3. The molecular weight excluding hydrogens is 375 g/mol. The highest BCUT2D eigenvalue weighted by atomic mass is 19.1. The third-order valence-electron chi connectivity index (χ3n) is 6.19. The summed E-state index contributed by atoms with van der Waals surface area (Å²) in [5.74, 6) is -1.66. The van der Waals surface area contributed by atoms with Crippen LogP contribution in [0.4, 0.5) is 4.39 Å². The van der Waals surface area contributed by atoms with Crippen molar-refractivity contribution in [2.24, 2.45) is 0 Å². The monoisotopic (exact) mass is 404 g/mol. The van der Waals surface area contributed by atoms with E-state index in [-0.39, 0.29) is 43.5 Å². The van der Waals surface area contributed by atoms with Crippen molar-refractivity contribution >= 4 is 17.7 Å². The number of carbonyl (C=O) groups is 3. The van der Waals surface area contributed by atoms with Gasteiger partial charge in [0.25, 0.3) is 0 Å². The number of rotatable bonds is 7. The SMILES string of the molecule is CC[C@@H]1CCCCN1C(=O)C[C@]1(c2ccccc2F)CC(=O)N(CCOC)C1=O. The average Bonchev–Trinajstić information content (AvgIpc) is 2.96. The molecule has 1 aromatic rings. The first kappa shape index (κ1) is 21.4. The zero-order chi connectivity index (χ0) is 21.0. The van der Waals surface area contributed by atoms with Gasteiger partial charge in [-0.2, -0.15) is 0 Å². The van der Waals surface area contributed by atoms with Gasteiger partial charge in [-0.3, -0.25) is 19.3 Å². The molecule has 3 amide bonds. The molecule has 158 valence electrons. The molecule has 0 aliphatic carbocycles. The van der Waals surface area contributed by atoms with Crippen molar-refractivity contribution < 1.29 is 23.5 Å². The van der Waals surface area contributed by atoms with Gasteiger partial charge in [-0.1, -0.05) is 25.1 Å². The van der Waals surface area contributed by atoms with E-state index < -0.39 is 23.0 Å². The van der Waals surface area contributed by atoms with Gasteiger partial charge in [-0.05, 0) is 31.7 Å². The third-order valence-corrected chi connectivity index (χ3v) is 6.19. The minimum Gasteiger partial charge on any atom is -0.383 e. The van der Waals surface area contributed by atoms with Crippen LogP contribution in [0, 0.1) is 5.82 Å².